The van der Waals surface area contributed by atoms with E-state index in [0.717, 1.165) is 24.2 Å². The number of aromatic nitrogens is 2. The number of pyridine rings is 2. The number of piperidine rings is 1. The molecular formula is C20H22N4O4. The van der Waals surface area contributed by atoms with Crippen LogP contribution < -0.4 is 10.1 Å². The SMILES string of the molecule is O=C1CO[C@H](C(=O)N2CCC(Oc3cccnc3)CC2)[C@@H](c2cccnc2)N1. The van der Waals surface area contributed by atoms with Crippen molar-refractivity contribution >= 4 is 11.8 Å². The molecule has 4 rings (SSSR count). The minimum atomic E-state index is -0.752. The van der Waals surface area contributed by atoms with E-state index < -0.39 is 12.1 Å². The van der Waals surface area contributed by atoms with Crippen LogP contribution in [0.1, 0.15) is 24.4 Å². The van der Waals surface area contributed by atoms with Crippen LogP contribution in [0.15, 0.2) is 49.1 Å². The lowest BCUT2D eigenvalue weighted by atomic mass is 9.99. The van der Waals surface area contributed by atoms with Crippen LogP contribution in [0.5, 0.6) is 5.75 Å². The molecule has 1 N–H and O–H groups in total. The average molecular weight is 382 g/mol. The topological polar surface area (TPSA) is 93.7 Å². The number of nitrogens with zero attached hydrogens (tertiary/aromatic N) is 3. The first-order chi connectivity index (χ1) is 13.7. The number of likely N-dealkylation sites (tertiary alicyclic amines) is 1. The summed E-state index contributed by atoms with van der Waals surface area (Å²) in [7, 11) is 0. The molecule has 2 aromatic rings. The van der Waals surface area contributed by atoms with Crippen molar-refractivity contribution in [2.75, 3.05) is 19.7 Å². The van der Waals surface area contributed by atoms with E-state index in [-0.39, 0.29) is 24.5 Å². The predicted molar refractivity (Wildman–Crippen MR) is 99.3 cm³/mol. The van der Waals surface area contributed by atoms with E-state index >= 15 is 0 Å². The number of carbonyl (C=O) groups excluding carboxylic acids is 2. The van der Waals surface area contributed by atoms with E-state index in [2.05, 4.69) is 15.3 Å². The Labute approximate surface area is 162 Å². The minimum absolute atomic E-state index is 0.0503. The number of hydrogen-bond donors (Lipinski definition) is 1. The molecule has 2 fully saturated rings. The number of rotatable bonds is 4. The molecule has 8 nitrogen and oxygen atoms in total. The molecule has 2 aromatic heterocycles. The molecule has 0 aromatic carbocycles. The third-order valence-corrected chi connectivity index (χ3v) is 4.99. The van der Waals surface area contributed by atoms with Crippen molar-refractivity contribution in [3.8, 4) is 5.75 Å². The van der Waals surface area contributed by atoms with E-state index in [0.29, 0.717) is 13.1 Å². The summed E-state index contributed by atoms with van der Waals surface area (Å²) >= 11 is 0. The lowest BCUT2D eigenvalue weighted by Gasteiger charge is -2.38. The molecule has 0 unspecified atom stereocenters. The molecule has 4 heterocycles. The highest BCUT2D eigenvalue weighted by molar-refractivity contribution is 5.86. The fourth-order valence-corrected chi connectivity index (χ4v) is 3.57. The van der Waals surface area contributed by atoms with E-state index in [1.54, 1.807) is 35.8 Å². The monoisotopic (exact) mass is 382 g/mol. The van der Waals surface area contributed by atoms with Gasteiger partial charge in [0.1, 0.15) is 18.5 Å². The van der Waals surface area contributed by atoms with Gasteiger partial charge in [-0.2, -0.15) is 0 Å². The van der Waals surface area contributed by atoms with Gasteiger partial charge in [-0.25, -0.2) is 0 Å². The Morgan fingerprint density at radius 1 is 1.14 bits per heavy atom. The summed E-state index contributed by atoms with van der Waals surface area (Å²) < 4.78 is 11.6. The maximum atomic E-state index is 13.1. The van der Waals surface area contributed by atoms with Gasteiger partial charge in [0.15, 0.2) is 6.10 Å². The zero-order valence-electron chi connectivity index (χ0n) is 15.4. The maximum Gasteiger partial charge on any atom is 0.254 e. The molecule has 8 heteroatoms. The Hall–Kier alpha value is -3.00. The fraction of sp³-hybridized carbons (Fsp3) is 0.400. The Bertz CT molecular complexity index is 809. The third-order valence-electron chi connectivity index (χ3n) is 4.99. The van der Waals surface area contributed by atoms with Gasteiger partial charge in [0, 0.05) is 44.5 Å². The molecule has 2 atom stereocenters. The quantitative estimate of drug-likeness (QED) is 0.851. The summed E-state index contributed by atoms with van der Waals surface area (Å²) in [6, 6.07) is 6.79. The molecule has 0 bridgehead atoms. The molecule has 2 saturated heterocycles. The molecule has 0 spiro atoms. The normalized spacial score (nSPS) is 23.1. The molecule has 2 aliphatic heterocycles. The van der Waals surface area contributed by atoms with Gasteiger partial charge in [-0.15, -0.1) is 0 Å². The Kier molecular flexibility index (Phi) is 5.48. The van der Waals surface area contributed by atoms with Gasteiger partial charge < -0.3 is 19.7 Å². The highest BCUT2D eigenvalue weighted by Gasteiger charge is 2.39. The van der Waals surface area contributed by atoms with Crippen molar-refractivity contribution in [2.45, 2.75) is 31.1 Å². The molecule has 146 valence electrons. The zero-order valence-corrected chi connectivity index (χ0v) is 15.4. The van der Waals surface area contributed by atoms with Gasteiger partial charge in [0.05, 0.1) is 12.2 Å². The second kappa shape index (κ2) is 8.35. The van der Waals surface area contributed by atoms with Gasteiger partial charge in [0.2, 0.25) is 5.91 Å². The second-order valence-corrected chi connectivity index (χ2v) is 6.89. The van der Waals surface area contributed by atoms with Crippen molar-refractivity contribution < 1.29 is 19.1 Å². The van der Waals surface area contributed by atoms with Crippen molar-refractivity contribution in [1.29, 1.82) is 0 Å². The van der Waals surface area contributed by atoms with Crippen molar-refractivity contribution in [3.05, 3.63) is 54.6 Å². The van der Waals surface area contributed by atoms with Crippen LogP contribution in [-0.4, -0.2) is 58.6 Å². The number of hydrogen-bond acceptors (Lipinski definition) is 6. The zero-order chi connectivity index (χ0) is 19.3. The van der Waals surface area contributed by atoms with Gasteiger partial charge in [-0.05, 0) is 23.8 Å². The van der Waals surface area contributed by atoms with Crippen LogP contribution in [-0.2, 0) is 14.3 Å². The van der Waals surface area contributed by atoms with Crippen LogP contribution in [0, 0.1) is 0 Å². The molecule has 2 amide bonds. The number of morpholine rings is 1. The molecular weight excluding hydrogens is 360 g/mol. The predicted octanol–water partition coefficient (Wildman–Crippen LogP) is 1.10. The summed E-state index contributed by atoms with van der Waals surface area (Å²) in [5.41, 5.74) is 0.753. The number of amides is 2. The Morgan fingerprint density at radius 2 is 1.89 bits per heavy atom. The Morgan fingerprint density at radius 3 is 2.57 bits per heavy atom. The van der Waals surface area contributed by atoms with Gasteiger partial charge >= 0.3 is 0 Å². The summed E-state index contributed by atoms with van der Waals surface area (Å²) in [5, 5.41) is 2.86. The van der Waals surface area contributed by atoms with Crippen LogP contribution in [0.3, 0.4) is 0 Å². The number of carbonyl (C=O) groups is 2. The molecule has 0 aliphatic carbocycles. The standard InChI is InChI=1S/C20H22N4O4/c25-17-13-27-19(18(23-17)14-3-1-7-21-11-14)20(26)24-9-5-15(6-10-24)28-16-4-2-8-22-12-16/h1-4,7-8,11-12,15,18-19H,5-6,9-10,13H2,(H,23,25)/t18-,19+/m1/s1. The van der Waals surface area contributed by atoms with Gasteiger partial charge in [-0.3, -0.25) is 19.6 Å². The third kappa shape index (κ3) is 4.12. The van der Waals surface area contributed by atoms with E-state index in [4.69, 9.17) is 9.47 Å². The second-order valence-electron chi connectivity index (χ2n) is 6.89. The molecule has 2 aliphatic rings. The maximum absolute atomic E-state index is 13.1. The first-order valence-electron chi connectivity index (χ1n) is 9.37. The highest BCUT2D eigenvalue weighted by Crippen LogP contribution is 2.25. The van der Waals surface area contributed by atoms with Crippen molar-refractivity contribution in [2.24, 2.45) is 0 Å². The lowest BCUT2D eigenvalue weighted by molar-refractivity contribution is -0.156. The number of ether oxygens (including phenoxy) is 2. The van der Waals surface area contributed by atoms with E-state index in [1.807, 2.05) is 18.2 Å². The van der Waals surface area contributed by atoms with Crippen molar-refractivity contribution in [1.82, 2.24) is 20.2 Å². The van der Waals surface area contributed by atoms with Gasteiger partial charge in [0.25, 0.3) is 5.91 Å². The highest BCUT2D eigenvalue weighted by atomic mass is 16.5. The van der Waals surface area contributed by atoms with Crippen LogP contribution >= 0.6 is 0 Å². The van der Waals surface area contributed by atoms with Crippen LogP contribution in [0.4, 0.5) is 0 Å². The molecule has 0 radical (unpaired) electrons. The van der Waals surface area contributed by atoms with E-state index in [1.165, 1.54) is 0 Å². The Balaban J connectivity index is 1.39. The molecule has 0 saturated carbocycles. The summed E-state index contributed by atoms with van der Waals surface area (Å²) in [6.07, 6.45) is 7.46. The lowest BCUT2D eigenvalue weighted by Crippen LogP contribution is -2.55. The minimum Gasteiger partial charge on any atom is -0.489 e. The van der Waals surface area contributed by atoms with Crippen molar-refractivity contribution in [3.63, 3.8) is 0 Å². The van der Waals surface area contributed by atoms with Gasteiger partial charge in [-0.1, -0.05) is 6.07 Å². The van der Waals surface area contributed by atoms with Crippen LogP contribution in [0.25, 0.3) is 0 Å². The fourth-order valence-electron chi connectivity index (χ4n) is 3.57. The smallest absolute Gasteiger partial charge is 0.254 e. The summed E-state index contributed by atoms with van der Waals surface area (Å²) in [5.74, 6) is 0.386. The largest absolute Gasteiger partial charge is 0.489 e. The summed E-state index contributed by atoms with van der Waals surface area (Å²) in [6.45, 7) is 1.04. The van der Waals surface area contributed by atoms with Crippen LogP contribution in [0.2, 0.25) is 0 Å². The van der Waals surface area contributed by atoms with E-state index in [9.17, 15) is 9.59 Å². The number of nitrogens with one attached hydrogen (secondary N) is 1. The molecule has 28 heavy (non-hydrogen) atoms. The average Bonchev–Trinajstić information content (AvgIpc) is 2.75. The first-order valence-corrected chi connectivity index (χ1v) is 9.37. The summed E-state index contributed by atoms with van der Waals surface area (Å²) in [4.78, 5) is 34.8. The first kappa shape index (κ1) is 18.4.